The Morgan fingerprint density at radius 1 is 1.17 bits per heavy atom. The number of ether oxygens (including phenoxy) is 2. The number of thiazole rings is 1. The zero-order valence-corrected chi connectivity index (χ0v) is 17.3. The average molecular weight is 428 g/mol. The molecule has 1 saturated heterocycles. The molecule has 0 radical (unpaired) electrons. The molecule has 0 bridgehead atoms. The number of carbonyl (C=O) groups is 1. The second-order valence-corrected chi connectivity index (χ2v) is 7.62. The molecule has 1 aliphatic heterocycles. The number of amides is 1. The molecule has 9 heteroatoms. The summed E-state index contributed by atoms with van der Waals surface area (Å²) >= 11 is 1.35. The Balaban J connectivity index is 1.48. The highest BCUT2D eigenvalue weighted by Crippen LogP contribution is 2.34. The number of methoxy groups -OCH3 is 2. The first-order chi connectivity index (χ1) is 14.6. The molecule has 1 aliphatic rings. The van der Waals surface area contributed by atoms with Gasteiger partial charge in [0, 0.05) is 17.5 Å². The molecule has 30 heavy (non-hydrogen) atoms. The van der Waals surface area contributed by atoms with Crippen molar-refractivity contribution in [2.45, 2.75) is 6.04 Å². The molecule has 156 valence electrons. The quantitative estimate of drug-likeness (QED) is 0.558. The Labute approximate surface area is 177 Å². The molecule has 1 fully saturated rings. The van der Waals surface area contributed by atoms with E-state index in [1.807, 2.05) is 23.6 Å². The highest BCUT2D eigenvalue weighted by molar-refractivity contribution is 7.14. The monoisotopic (exact) mass is 428 g/mol. The smallest absolute Gasteiger partial charge is 0.232 e. The van der Waals surface area contributed by atoms with Gasteiger partial charge in [-0.25, -0.2) is 14.8 Å². The summed E-state index contributed by atoms with van der Waals surface area (Å²) in [7, 11) is 3.16. The van der Waals surface area contributed by atoms with Gasteiger partial charge in [0.15, 0.2) is 16.6 Å². The SMILES string of the molecule is COc1ccc(-c2csc(NC(=O)C3CNNC3c3ccc(F)cc3)n2)cc1OC. The molecule has 2 atom stereocenters. The van der Waals surface area contributed by atoms with E-state index in [1.165, 1.54) is 23.5 Å². The molecule has 4 rings (SSSR count). The van der Waals surface area contributed by atoms with Crippen molar-refractivity contribution in [2.24, 2.45) is 5.92 Å². The predicted octanol–water partition coefficient (Wildman–Crippen LogP) is 3.37. The molecule has 0 saturated carbocycles. The first-order valence-electron chi connectivity index (χ1n) is 9.31. The summed E-state index contributed by atoms with van der Waals surface area (Å²) in [6.45, 7) is 0.460. The molecule has 1 aromatic heterocycles. The minimum Gasteiger partial charge on any atom is -0.493 e. The minimum absolute atomic E-state index is 0.157. The summed E-state index contributed by atoms with van der Waals surface area (Å²) in [5.41, 5.74) is 8.53. The van der Waals surface area contributed by atoms with Crippen LogP contribution in [0.4, 0.5) is 9.52 Å². The number of nitrogens with zero attached hydrogens (tertiary/aromatic N) is 1. The van der Waals surface area contributed by atoms with Crippen LogP contribution in [-0.2, 0) is 4.79 Å². The van der Waals surface area contributed by atoms with Crippen LogP contribution in [0.2, 0.25) is 0 Å². The van der Waals surface area contributed by atoms with Gasteiger partial charge in [-0.1, -0.05) is 12.1 Å². The fourth-order valence-electron chi connectivity index (χ4n) is 3.38. The number of carbonyl (C=O) groups excluding carboxylic acids is 1. The van der Waals surface area contributed by atoms with Crippen molar-refractivity contribution in [3.05, 3.63) is 59.2 Å². The Bertz CT molecular complexity index is 1040. The fraction of sp³-hybridized carbons (Fsp3) is 0.238. The molecule has 0 spiro atoms. The zero-order chi connectivity index (χ0) is 21.1. The van der Waals surface area contributed by atoms with Crippen LogP contribution in [0.25, 0.3) is 11.3 Å². The number of nitrogens with one attached hydrogen (secondary N) is 3. The van der Waals surface area contributed by atoms with Crippen LogP contribution in [0.15, 0.2) is 47.8 Å². The van der Waals surface area contributed by atoms with Crippen molar-refractivity contribution in [1.82, 2.24) is 15.8 Å². The number of halogens is 1. The molecule has 0 aliphatic carbocycles. The van der Waals surface area contributed by atoms with Crippen LogP contribution < -0.4 is 25.6 Å². The van der Waals surface area contributed by atoms with Gasteiger partial charge < -0.3 is 14.8 Å². The van der Waals surface area contributed by atoms with E-state index in [9.17, 15) is 9.18 Å². The molecular weight excluding hydrogens is 407 g/mol. The van der Waals surface area contributed by atoms with E-state index < -0.39 is 0 Å². The van der Waals surface area contributed by atoms with Gasteiger partial charge in [0.2, 0.25) is 5.91 Å². The summed E-state index contributed by atoms with van der Waals surface area (Å²) < 4.78 is 23.8. The van der Waals surface area contributed by atoms with Gasteiger partial charge in [-0.3, -0.25) is 10.2 Å². The van der Waals surface area contributed by atoms with Gasteiger partial charge in [-0.2, -0.15) is 0 Å². The van der Waals surface area contributed by atoms with E-state index in [-0.39, 0.29) is 23.7 Å². The van der Waals surface area contributed by atoms with E-state index in [1.54, 1.807) is 26.4 Å². The van der Waals surface area contributed by atoms with Gasteiger partial charge in [0.25, 0.3) is 0 Å². The summed E-state index contributed by atoms with van der Waals surface area (Å²) in [4.78, 5) is 17.4. The van der Waals surface area contributed by atoms with E-state index >= 15 is 0 Å². The second kappa shape index (κ2) is 8.78. The lowest BCUT2D eigenvalue weighted by Crippen LogP contribution is -2.29. The van der Waals surface area contributed by atoms with E-state index in [2.05, 4.69) is 21.2 Å². The highest BCUT2D eigenvalue weighted by Gasteiger charge is 2.34. The Morgan fingerprint density at radius 2 is 1.93 bits per heavy atom. The third-order valence-corrected chi connectivity index (χ3v) is 5.72. The van der Waals surface area contributed by atoms with E-state index in [0.717, 1.165) is 16.8 Å². The van der Waals surface area contributed by atoms with Crippen molar-refractivity contribution in [3.8, 4) is 22.8 Å². The number of hydrogen-bond acceptors (Lipinski definition) is 7. The van der Waals surface area contributed by atoms with Crippen LogP contribution in [0.1, 0.15) is 11.6 Å². The molecule has 2 aromatic carbocycles. The van der Waals surface area contributed by atoms with Gasteiger partial charge in [-0.15, -0.1) is 11.3 Å². The van der Waals surface area contributed by atoms with Crippen LogP contribution in [0, 0.1) is 11.7 Å². The van der Waals surface area contributed by atoms with E-state index in [0.29, 0.717) is 23.2 Å². The summed E-state index contributed by atoms with van der Waals surface area (Å²) in [6, 6.07) is 11.4. The number of hydrogen-bond donors (Lipinski definition) is 3. The highest BCUT2D eigenvalue weighted by atomic mass is 32.1. The maximum Gasteiger partial charge on any atom is 0.232 e. The summed E-state index contributed by atoms with van der Waals surface area (Å²) in [5.74, 6) is 0.423. The van der Waals surface area contributed by atoms with Crippen molar-refractivity contribution in [3.63, 3.8) is 0 Å². The third-order valence-electron chi connectivity index (χ3n) is 4.96. The number of anilines is 1. The summed E-state index contributed by atoms with van der Waals surface area (Å²) in [6.07, 6.45) is 0. The van der Waals surface area contributed by atoms with Gasteiger partial charge >= 0.3 is 0 Å². The largest absolute Gasteiger partial charge is 0.493 e. The van der Waals surface area contributed by atoms with Crippen molar-refractivity contribution in [2.75, 3.05) is 26.1 Å². The maximum absolute atomic E-state index is 13.2. The Hall–Kier alpha value is -3.01. The van der Waals surface area contributed by atoms with Gasteiger partial charge in [0.05, 0.1) is 31.9 Å². The van der Waals surface area contributed by atoms with Gasteiger partial charge in [-0.05, 0) is 35.9 Å². The first kappa shape index (κ1) is 20.3. The predicted molar refractivity (Wildman–Crippen MR) is 113 cm³/mol. The average Bonchev–Trinajstić information content (AvgIpc) is 3.43. The number of aromatic nitrogens is 1. The third kappa shape index (κ3) is 4.13. The van der Waals surface area contributed by atoms with Crippen LogP contribution in [0.3, 0.4) is 0 Å². The zero-order valence-electron chi connectivity index (χ0n) is 16.4. The first-order valence-corrected chi connectivity index (χ1v) is 10.2. The molecule has 7 nitrogen and oxygen atoms in total. The molecular formula is C21H21FN4O3S. The van der Waals surface area contributed by atoms with Gasteiger partial charge in [0.1, 0.15) is 5.82 Å². The maximum atomic E-state index is 13.2. The number of rotatable bonds is 6. The van der Waals surface area contributed by atoms with Crippen molar-refractivity contribution < 1.29 is 18.7 Å². The molecule has 2 heterocycles. The second-order valence-electron chi connectivity index (χ2n) is 6.76. The van der Waals surface area contributed by atoms with Crippen LogP contribution >= 0.6 is 11.3 Å². The fourth-order valence-corrected chi connectivity index (χ4v) is 4.11. The lowest BCUT2D eigenvalue weighted by atomic mass is 9.94. The van der Waals surface area contributed by atoms with Crippen molar-refractivity contribution >= 4 is 22.4 Å². The lowest BCUT2D eigenvalue weighted by molar-refractivity contribution is -0.119. The normalized spacial score (nSPS) is 18.2. The molecule has 2 unspecified atom stereocenters. The standard InChI is InChI=1S/C21H21FN4O3S/c1-28-17-8-5-13(9-18(17)29-2)16-11-30-21(24-16)25-20(27)15-10-23-26-19(15)12-3-6-14(22)7-4-12/h3-9,11,15,19,23,26H,10H2,1-2H3,(H,24,25,27). The molecule has 3 aromatic rings. The molecule has 1 amide bonds. The Morgan fingerprint density at radius 3 is 2.67 bits per heavy atom. The topological polar surface area (TPSA) is 84.5 Å². The van der Waals surface area contributed by atoms with E-state index in [4.69, 9.17) is 9.47 Å². The summed E-state index contributed by atoms with van der Waals surface area (Å²) in [5, 5.41) is 5.28. The van der Waals surface area contributed by atoms with Crippen LogP contribution in [-0.4, -0.2) is 31.7 Å². The molecule has 3 N–H and O–H groups in total. The van der Waals surface area contributed by atoms with Crippen molar-refractivity contribution in [1.29, 1.82) is 0 Å². The lowest BCUT2D eigenvalue weighted by Gasteiger charge is -2.17. The number of benzene rings is 2. The van der Waals surface area contributed by atoms with Crippen LogP contribution in [0.5, 0.6) is 11.5 Å². The number of hydrazine groups is 1. The Kier molecular flexibility index (Phi) is 5.93. The minimum atomic E-state index is -0.358.